The van der Waals surface area contributed by atoms with Crippen LogP contribution in [0, 0.1) is 35.5 Å². The lowest BCUT2D eigenvalue weighted by Gasteiger charge is -2.55. The van der Waals surface area contributed by atoms with E-state index in [1.54, 1.807) is 0 Å². The number of aliphatic hydroxyl groups excluding tert-OH is 1. The van der Waals surface area contributed by atoms with E-state index in [0.29, 0.717) is 77.0 Å². The molecule has 0 unspecified atom stereocenters. The fraction of sp³-hybridized carbons (Fsp3) is 0.857. The molecule has 9 aliphatic rings. The van der Waals surface area contributed by atoms with Gasteiger partial charge in [0.25, 0.3) is 0 Å². The zero-order valence-corrected chi connectivity index (χ0v) is 48.8. The minimum Gasteiger partial charge on any atom is -0.466 e. The fourth-order valence-corrected chi connectivity index (χ4v) is 15.8. The van der Waals surface area contributed by atoms with E-state index in [1.165, 1.54) is 12.5 Å². The van der Waals surface area contributed by atoms with Gasteiger partial charge >= 0.3 is 12.1 Å². The Labute approximate surface area is 449 Å². The molecule has 9 aliphatic heterocycles. The molecular formula is C56H88INO14Si. The van der Waals surface area contributed by atoms with Crippen molar-refractivity contribution in [2.75, 3.05) is 19.8 Å². The molecule has 73 heavy (non-hydrogen) atoms. The van der Waals surface area contributed by atoms with Crippen molar-refractivity contribution in [2.24, 2.45) is 35.5 Å². The number of piperidine rings is 1. The van der Waals surface area contributed by atoms with Crippen LogP contribution >= 0.6 is 22.6 Å². The summed E-state index contributed by atoms with van der Waals surface area (Å²) in [5.74, 6) is -4.84. The maximum atomic E-state index is 14.0. The minimum absolute atomic E-state index is 0.0190. The van der Waals surface area contributed by atoms with Crippen LogP contribution in [0.5, 0.6) is 0 Å². The van der Waals surface area contributed by atoms with Gasteiger partial charge in [0.15, 0.2) is 28.9 Å². The van der Waals surface area contributed by atoms with Crippen molar-refractivity contribution < 1.29 is 67.2 Å². The quantitative estimate of drug-likeness (QED) is 0.0446. The zero-order valence-electron chi connectivity index (χ0n) is 45.6. The lowest BCUT2D eigenvalue weighted by molar-refractivity contribution is -0.366. The molecular weight excluding hydrogens is 1070 g/mol. The third-order valence-electron chi connectivity index (χ3n) is 18.1. The molecule has 0 aromatic heterocycles. The molecule has 8 saturated heterocycles. The summed E-state index contributed by atoms with van der Waals surface area (Å²) in [6.07, 6.45) is 9.03. The molecule has 0 aliphatic carbocycles. The van der Waals surface area contributed by atoms with Crippen LogP contribution in [-0.4, -0.2) is 143 Å². The van der Waals surface area contributed by atoms with Crippen molar-refractivity contribution >= 4 is 42.7 Å². The number of amides is 1. The standard InChI is InChI=1S/C56H88INO14Si/c1-32-23-41(16-14-13-15-19-63-40(9)59)66-52(28-32)17-18-54(72-52)38(7)26-42-43(67-54)27-45(65-42)50(60)56(62)39(8)24-34(3)47(71-56)36(5)29-55-49(57)35(4)25-44(68-55)48-46(69-55)30-53(70-48)37(6)22-33(2)31-58(53)51(61)64-20-21-73(10,11)12/h14,16,23,33-35,37-39,41-50,60,62H,5,13,15,17-22,24-31H2,1-4,6-12H3/b16-14+/t33-,34+,35+,37+,38-,39-,41-,42-,43-,44-,45+,46-,47+,48-,49+,50-,52-,53+,54-,55-,56-/m1/s1. The maximum Gasteiger partial charge on any atom is 0.412 e. The summed E-state index contributed by atoms with van der Waals surface area (Å²) < 4.78 is 66.6. The predicted molar refractivity (Wildman–Crippen MR) is 284 cm³/mol. The first-order chi connectivity index (χ1) is 34.3. The van der Waals surface area contributed by atoms with Crippen LogP contribution in [0.15, 0.2) is 36.0 Å². The summed E-state index contributed by atoms with van der Waals surface area (Å²) in [7, 11) is -1.42. The number of halogens is 1. The molecule has 0 aromatic rings. The van der Waals surface area contributed by atoms with E-state index in [0.717, 1.165) is 37.3 Å². The molecule has 1 amide bonds. The van der Waals surface area contributed by atoms with E-state index in [-0.39, 0.29) is 76.3 Å². The van der Waals surface area contributed by atoms with Gasteiger partial charge in [-0.2, -0.15) is 0 Å². The molecule has 0 aromatic carbocycles. The highest BCUT2D eigenvalue weighted by atomic mass is 127. The largest absolute Gasteiger partial charge is 0.466 e. The van der Waals surface area contributed by atoms with Gasteiger partial charge < -0.3 is 57.6 Å². The second-order valence-electron chi connectivity index (χ2n) is 25.6. The van der Waals surface area contributed by atoms with Crippen molar-refractivity contribution in [2.45, 2.75) is 246 Å². The van der Waals surface area contributed by atoms with E-state index >= 15 is 0 Å². The third-order valence-corrected chi connectivity index (χ3v) is 22.0. The van der Waals surface area contributed by atoms with Crippen LogP contribution in [0.2, 0.25) is 25.7 Å². The Morgan fingerprint density at radius 1 is 0.890 bits per heavy atom. The molecule has 3 spiro atoms. The Morgan fingerprint density at radius 3 is 2.38 bits per heavy atom. The van der Waals surface area contributed by atoms with Crippen LogP contribution in [0.4, 0.5) is 4.79 Å². The Balaban J connectivity index is 0.853. The van der Waals surface area contributed by atoms with Gasteiger partial charge in [0.05, 0.1) is 59.9 Å². The van der Waals surface area contributed by atoms with E-state index in [4.69, 9.17) is 47.4 Å². The first-order valence-corrected chi connectivity index (χ1v) is 32.8. The number of carbonyl (C=O) groups is 2. The Morgan fingerprint density at radius 2 is 1.64 bits per heavy atom. The molecule has 2 bridgehead atoms. The van der Waals surface area contributed by atoms with Gasteiger partial charge in [0, 0.05) is 77.8 Å². The summed E-state index contributed by atoms with van der Waals surface area (Å²) in [4.78, 5) is 27.0. The molecule has 17 heteroatoms. The smallest absolute Gasteiger partial charge is 0.412 e. The van der Waals surface area contributed by atoms with E-state index in [2.05, 4.69) is 103 Å². The Kier molecular flexibility index (Phi) is 16.4. The monoisotopic (exact) mass is 1150 g/mol. The summed E-state index contributed by atoms with van der Waals surface area (Å²) in [5.41, 5.74) is 1.05. The normalized spacial score (nSPS) is 46.9. The molecule has 9 rings (SSSR count). The number of aliphatic hydroxyl groups is 2. The van der Waals surface area contributed by atoms with Gasteiger partial charge in [-0.25, -0.2) is 4.79 Å². The third kappa shape index (κ3) is 11.1. The summed E-state index contributed by atoms with van der Waals surface area (Å²) >= 11 is 2.49. The number of nitrogens with zero attached hydrogens (tertiary/aromatic N) is 1. The average Bonchev–Trinajstić information content (AvgIpc) is 3.99. The maximum absolute atomic E-state index is 14.0. The lowest BCUT2D eigenvalue weighted by atomic mass is 9.76. The number of esters is 1. The van der Waals surface area contributed by atoms with Gasteiger partial charge in [-0.05, 0) is 74.8 Å². The number of carbonyl (C=O) groups excluding carboxylic acids is 2. The Bertz CT molecular complexity index is 2110. The average molecular weight is 1150 g/mol. The van der Waals surface area contributed by atoms with Crippen molar-refractivity contribution in [3.8, 4) is 0 Å². The molecule has 0 saturated carbocycles. The number of fused-ring (bicyclic) bond motifs is 5. The number of alkyl halides is 1. The first kappa shape index (κ1) is 56.2. The van der Waals surface area contributed by atoms with Gasteiger partial charge in [0.1, 0.15) is 12.2 Å². The number of ether oxygens (including phenoxy) is 10. The first-order valence-electron chi connectivity index (χ1n) is 27.8. The fourth-order valence-electron chi connectivity index (χ4n) is 14.3. The van der Waals surface area contributed by atoms with Crippen molar-refractivity contribution in [3.63, 3.8) is 0 Å². The van der Waals surface area contributed by atoms with Crippen LogP contribution in [-0.2, 0) is 52.2 Å². The SMILES string of the molecule is C=C(C[C@]12O[C@H](C[C@H](C)[C@@H]1I)[C@H]1O[C@@]3(C[C@H]1O2)[C@@H](C)C[C@@H](C)CN3C(=O)OCC[Si](C)(C)C)[C@H]1O[C@@](O)([C@H](O)[C@@H]2C[C@H]3O[C@@]4(CC[C@]5(CC(C)=C[C@@H](/C=C/CCCOC(C)=O)O5)O4)[C@H](C)C[C@H]3O2)[C@H](C)C[C@@H]1C. The zero-order chi connectivity index (χ0) is 52.6. The van der Waals surface area contributed by atoms with Crippen molar-refractivity contribution in [3.05, 3.63) is 36.0 Å². The van der Waals surface area contributed by atoms with E-state index in [1.807, 2.05) is 17.9 Å². The summed E-state index contributed by atoms with van der Waals surface area (Å²) in [6.45, 7) is 29.2. The molecule has 0 radical (unpaired) electrons. The summed E-state index contributed by atoms with van der Waals surface area (Å²) in [6, 6.07) is 0.899. The molecule has 9 heterocycles. The molecule has 21 atom stereocenters. The highest BCUT2D eigenvalue weighted by Gasteiger charge is 2.67. The number of hydrogen-bond donors (Lipinski definition) is 2. The van der Waals surface area contributed by atoms with Gasteiger partial charge in [-0.15, -0.1) is 0 Å². The van der Waals surface area contributed by atoms with Crippen LogP contribution in [0.25, 0.3) is 0 Å². The number of unbranched alkanes of at least 4 members (excludes halogenated alkanes) is 1. The van der Waals surface area contributed by atoms with Gasteiger partial charge in [0.2, 0.25) is 0 Å². The molecule has 2 N–H and O–H groups in total. The second-order valence-corrected chi connectivity index (χ2v) is 32.5. The van der Waals surface area contributed by atoms with Crippen LogP contribution < -0.4 is 0 Å². The lowest BCUT2D eigenvalue weighted by Crippen LogP contribution is -2.65. The van der Waals surface area contributed by atoms with Gasteiger partial charge in [-0.3, -0.25) is 9.69 Å². The predicted octanol–water partition coefficient (Wildman–Crippen LogP) is 9.73. The summed E-state index contributed by atoms with van der Waals surface area (Å²) in [5, 5.41) is 25.0. The number of rotatable bonds is 13. The molecule has 8 fully saturated rings. The minimum atomic E-state index is -1.94. The second kappa shape index (κ2) is 21.3. The van der Waals surface area contributed by atoms with E-state index < -0.39 is 61.2 Å². The van der Waals surface area contributed by atoms with Crippen LogP contribution in [0.1, 0.15) is 132 Å². The van der Waals surface area contributed by atoms with Crippen molar-refractivity contribution in [1.29, 1.82) is 0 Å². The number of allylic oxidation sites excluding steroid dienone is 1. The van der Waals surface area contributed by atoms with Gasteiger partial charge in [-0.1, -0.05) is 114 Å². The highest BCUT2D eigenvalue weighted by Crippen LogP contribution is 2.58. The van der Waals surface area contributed by atoms with E-state index in [9.17, 15) is 19.8 Å². The molecule has 15 nitrogen and oxygen atoms in total. The topological polar surface area (TPSA) is 170 Å². The number of likely N-dealkylation sites (tertiary alicyclic amines) is 1. The number of hydrogen-bond acceptors (Lipinski definition) is 14. The highest BCUT2D eigenvalue weighted by molar-refractivity contribution is 14.1. The Hall–Kier alpha value is -1.49. The van der Waals surface area contributed by atoms with Crippen molar-refractivity contribution in [1.82, 2.24) is 4.90 Å². The molecule has 412 valence electrons. The van der Waals surface area contributed by atoms with Crippen LogP contribution in [0.3, 0.4) is 0 Å².